The van der Waals surface area contributed by atoms with Gasteiger partial charge in [0.25, 0.3) is 0 Å². The molecule has 17 heavy (non-hydrogen) atoms. The lowest BCUT2D eigenvalue weighted by molar-refractivity contribution is -0.119. The first kappa shape index (κ1) is 12.4. The van der Waals surface area contributed by atoms with E-state index in [-0.39, 0.29) is 5.78 Å². The van der Waals surface area contributed by atoms with Crippen molar-refractivity contribution in [1.82, 2.24) is 0 Å². The van der Waals surface area contributed by atoms with Crippen LogP contribution in [0.1, 0.15) is 31.4 Å². The number of halogens is 1. The molecule has 1 aromatic rings. The minimum Gasteiger partial charge on any atom is -0.493 e. The number of hydrogen-bond acceptors (Lipinski definition) is 2. The van der Waals surface area contributed by atoms with E-state index in [0.717, 1.165) is 23.3 Å². The Bertz CT molecular complexity index is 438. The number of benzene rings is 1. The van der Waals surface area contributed by atoms with Gasteiger partial charge < -0.3 is 4.74 Å². The fourth-order valence-corrected chi connectivity index (χ4v) is 2.48. The SMILES string of the molecule is CC(C)CC(=O)Cc1cc(Cl)cc2c1OCC2. The maximum Gasteiger partial charge on any atom is 0.137 e. The summed E-state index contributed by atoms with van der Waals surface area (Å²) in [7, 11) is 0. The first-order valence-electron chi connectivity index (χ1n) is 6.02. The van der Waals surface area contributed by atoms with Gasteiger partial charge in [-0.05, 0) is 23.6 Å². The first-order valence-corrected chi connectivity index (χ1v) is 6.40. The molecule has 2 rings (SSSR count). The minimum absolute atomic E-state index is 0.250. The van der Waals surface area contributed by atoms with Gasteiger partial charge in [-0.25, -0.2) is 0 Å². The van der Waals surface area contributed by atoms with E-state index in [4.69, 9.17) is 16.3 Å². The Morgan fingerprint density at radius 1 is 1.47 bits per heavy atom. The summed E-state index contributed by atoms with van der Waals surface area (Å²) in [6.07, 6.45) is 1.93. The van der Waals surface area contributed by atoms with Gasteiger partial charge in [0, 0.05) is 29.8 Å². The maximum absolute atomic E-state index is 11.8. The molecule has 1 aliphatic rings. The second kappa shape index (κ2) is 5.09. The van der Waals surface area contributed by atoms with Gasteiger partial charge in [0.05, 0.1) is 6.61 Å². The summed E-state index contributed by atoms with van der Waals surface area (Å²) in [6, 6.07) is 3.78. The fourth-order valence-electron chi connectivity index (χ4n) is 2.22. The number of Topliss-reactive ketones (excluding diaryl/α,β-unsaturated/α-hetero) is 1. The van der Waals surface area contributed by atoms with Gasteiger partial charge in [-0.2, -0.15) is 0 Å². The zero-order valence-corrected chi connectivity index (χ0v) is 11.0. The van der Waals surface area contributed by atoms with Crippen LogP contribution in [-0.2, 0) is 17.6 Å². The number of carbonyl (C=O) groups excluding carboxylic acids is 1. The Hall–Kier alpha value is -1.02. The Kier molecular flexibility index (Phi) is 3.72. The largest absolute Gasteiger partial charge is 0.493 e. The van der Waals surface area contributed by atoms with Crippen molar-refractivity contribution in [2.45, 2.75) is 33.1 Å². The van der Waals surface area contributed by atoms with Crippen LogP contribution in [0.3, 0.4) is 0 Å². The van der Waals surface area contributed by atoms with Gasteiger partial charge in [-0.1, -0.05) is 25.4 Å². The Morgan fingerprint density at radius 2 is 2.24 bits per heavy atom. The van der Waals surface area contributed by atoms with Crippen LogP contribution in [0.2, 0.25) is 5.02 Å². The molecule has 0 fully saturated rings. The monoisotopic (exact) mass is 252 g/mol. The van der Waals surface area contributed by atoms with Crippen LogP contribution in [0.25, 0.3) is 0 Å². The molecular formula is C14H17ClO2. The molecule has 0 unspecified atom stereocenters. The second-order valence-corrected chi connectivity index (χ2v) is 5.40. The molecule has 2 nitrogen and oxygen atoms in total. The van der Waals surface area contributed by atoms with E-state index in [9.17, 15) is 4.79 Å². The Balaban J connectivity index is 2.18. The lowest BCUT2D eigenvalue weighted by Crippen LogP contribution is -2.07. The number of ketones is 1. The molecule has 0 atom stereocenters. The molecular weight excluding hydrogens is 236 g/mol. The number of hydrogen-bond donors (Lipinski definition) is 0. The van der Waals surface area contributed by atoms with Crippen molar-refractivity contribution in [1.29, 1.82) is 0 Å². The Labute approximate surface area is 107 Å². The normalized spacial score (nSPS) is 13.6. The zero-order valence-electron chi connectivity index (χ0n) is 10.3. The summed E-state index contributed by atoms with van der Waals surface area (Å²) in [4.78, 5) is 11.8. The van der Waals surface area contributed by atoms with Gasteiger partial charge in [0.2, 0.25) is 0 Å². The summed E-state index contributed by atoms with van der Waals surface area (Å²) in [5.74, 6) is 1.53. The van der Waals surface area contributed by atoms with Crippen LogP contribution < -0.4 is 4.74 Å². The van der Waals surface area contributed by atoms with Crippen molar-refractivity contribution < 1.29 is 9.53 Å². The molecule has 3 heteroatoms. The highest BCUT2D eigenvalue weighted by Gasteiger charge is 2.19. The van der Waals surface area contributed by atoms with E-state index < -0.39 is 0 Å². The van der Waals surface area contributed by atoms with Gasteiger partial charge in [0.1, 0.15) is 11.5 Å². The van der Waals surface area contributed by atoms with E-state index in [1.807, 2.05) is 12.1 Å². The third kappa shape index (κ3) is 3.01. The number of ether oxygens (including phenoxy) is 1. The lowest BCUT2D eigenvalue weighted by Gasteiger charge is -2.09. The average Bonchev–Trinajstić information content (AvgIpc) is 2.63. The van der Waals surface area contributed by atoms with E-state index in [2.05, 4.69) is 13.8 Å². The van der Waals surface area contributed by atoms with E-state index in [1.54, 1.807) is 0 Å². The highest BCUT2D eigenvalue weighted by Crippen LogP contribution is 2.33. The van der Waals surface area contributed by atoms with Gasteiger partial charge in [-0.15, -0.1) is 0 Å². The standard InChI is InChI=1S/C14H17ClO2/c1-9(2)5-13(16)8-11-7-12(15)6-10-3-4-17-14(10)11/h6-7,9H,3-5,8H2,1-2H3. The molecule has 1 heterocycles. The van der Waals surface area contributed by atoms with Gasteiger partial charge in [-0.3, -0.25) is 4.79 Å². The van der Waals surface area contributed by atoms with Crippen LogP contribution in [0, 0.1) is 5.92 Å². The highest BCUT2D eigenvalue weighted by atomic mass is 35.5. The summed E-state index contributed by atoms with van der Waals surface area (Å²) in [6.45, 7) is 4.80. The fraction of sp³-hybridized carbons (Fsp3) is 0.500. The second-order valence-electron chi connectivity index (χ2n) is 4.97. The van der Waals surface area contributed by atoms with Crippen LogP contribution in [0.5, 0.6) is 5.75 Å². The molecule has 0 saturated heterocycles. The van der Waals surface area contributed by atoms with Crippen molar-refractivity contribution in [2.24, 2.45) is 5.92 Å². The van der Waals surface area contributed by atoms with Gasteiger partial charge >= 0.3 is 0 Å². The van der Waals surface area contributed by atoms with Crippen LogP contribution >= 0.6 is 11.6 Å². The summed E-state index contributed by atoms with van der Waals surface area (Å²) in [5.41, 5.74) is 2.07. The molecule has 0 saturated carbocycles. The molecule has 92 valence electrons. The van der Waals surface area contributed by atoms with E-state index in [1.165, 1.54) is 0 Å². The summed E-state index contributed by atoms with van der Waals surface area (Å²) in [5, 5.41) is 0.696. The number of fused-ring (bicyclic) bond motifs is 1. The van der Waals surface area contributed by atoms with Crippen LogP contribution in [0.15, 0.2) is 12.1 Å². The first-order chi connectivity index (χ1) is 8.06. The minimum atomic E-state index is 0.250. The molecule has 1 aliphatic heterocycles. The van der Waals surface area contributed by atoms with Crippen molar-refractivity contribution in [2.75, 3.05) is 6.61 Å². The van der Waals surface area contributed by atoms with Crippen molar-refractivity contribution in [3.63, 3.8) is 0 Å². The molecule has 0 aromatic heterocycles. The van der Waals surface area contributed by atoms with Crippen LogP contribution in [0.4, 0.5) is 0 Å². The average molecular weight is 253 g/mol. The zero-order chi connectivity index (χ0) is 12.4. The molecule has 0 radical (unpaired) electrons. The predicted octanol–water partition coefficient (Wildman–Crippen LogP) is 3.43. The third-order valence-electron chi connectivity index (χ3n) is 2.85. The molecule has 0 aliphatic carbocycles. The smallest absolute Gasteiger partial charge is 0.137 e. The van der Waals surface area contributed by atoms with E-state index in [0.29, 0.717) is 30.4 Å². The summed E-state index contributed by atoms with van der Waals surface area (Å²) >= 11 is 6.05. The third-order valence-corrected chi connectivity index (χ3v) is 3.07. The molecule has 0 spiro atoms. The van der Waals surface area contributed by atoms with Gasteiger partial charge in [0.15, 0.2) is 0 Å². The lowest BCUT2D eigenvalue weighted by atomic mass is 9.99. The van der Waals surface area contributed by atoms with Crippen LogP contribution in [-0.4, -0.2) is 12.4 Å². The number of carbonyl (C=O) groups is 1. The molecule has 1 aromatic carbocycles. The van der Waals surface area contributed by atoms with Crippen molar-refractivity contribution in [3.8, 4) is 5.75 Å². The Morgan fingerprint density at radius 3 is 2.94 bits per heavy atom. The molecule has 0 bridgehead atoms. The maximum atomic E-state index is 11.8. The molecule has 0 amide bonds. The predicted molar refractivity (Wildman–Crippen MR) is 68.8 cm³/mol. The van der Waals surface area contributed by atoms with E-state index >= 15 is 0 Å². The highest BCUT2D eigenvalue weighted by molar-refractivity contribution is 6.30. The topological polar surface area (TPSA) is 26.3 Å². The quantitative estimate of drug-likeness (QED) is 0.821. The van der Waals surface area contributed by atoms with Crippen molar-refractivity contribution >= 4 is 17.4 Å². The number of rotatable bonds is 4. The van der Waals surface area contributed by atoms with Crippen molar-refractivity contribution in [3.05, 3.63) is 28.3 Å². The molecule has 0 N–H and O–H groups in total. The summed E-state index contributed by atoms with van der Waals surface area (Å²) < 4.78 is 5.58.